The highest BCUT2D eigenvalue weighted by molar-refractivity contribution is 9.09. The molecule has 0 saturated carbocycles. The van der Waals surface area contributed by atoms with Crippen LogP contribution in [0.2, 0.25) is 0 Å². The molecule has 0 aliphatic heterocycles. The van der Waals surface area contributed by atoms with Crippen molar-refractivity contribution < 1.29 is 0 Å². The number of alkyl halides is 1. The van der Waals surface area contributed by atoms with Crippen molar-refractivity contribution >= 4 is 43.4 Å². The second-order valence-corrected chi connectivity index (χ2v) is 5.67. The molecule has 1 heterocycles. The minimum atomic E-state index is 0.595. The SMILES string of the molecule is CC(C)C(=Cc1csc2ccccc12)CBr. The molecule has 2 rings (SSSR count). The Labute approximate surface area is 109 Å². The van der Waals surface area contributed by atoms with Gasteiger partial charge in [-0.15, -0.1) is 11.3 Å². The second kappa shape index (κ2) is 5.15. The zero-order valence-corrected chi connectivity index (χ0v) is 11.9. The van der Waals surface area contributed by atoms with Crippen LogP contribution in [0.5, 0.6) is 0 Å². The van der Waals surface area contributed by atoms with E-state index in [1.54, 1.807) is 0 Å². The van der Waals surface area contributed by atoms with E-state index in [2.05, 4.69) is 65.5 Å². The van der Waals surface area contributed by atoms with Gasteiger partial charge in [-0.3, -0.25) is 0 Å². The number of halogens is 1. The van der Waals surface area contributed by atoms with Gasteiger partial charge < -0.3 is 0 Å². The van der Waals surface area contributed by atoms with Gasteiger partial charge in [-0.2, -0.15) is 0 Å². The summed E-state index contributed by atoms with van der Waals surface area (Å²) < 4.78 is 1.37. The van der Waals surface area contributed by atoms with Gasteiger partial charge in [0.2, 0.25) is 0 Å². The third-order valence-corrected chi connectivity index (χ3v) is 4.38. The Bertz CT molecular complexity index is 508. The van der Waals surface area contributed by atoms with E-state index in [0.29, 0.717) is 5.92 Å². The fraction of sp³-hybridized carbons (Fsp3) is 0.286. The lowest BCUT2D eigenvalue weighted by atomic mass is 10.0. The van der Waals surface area contributed by atoms with Crippen LogP contribution in [0.25, 0.3) is 16.2 Å². The fourth-order valence-electron chi connectivity index (χ4n) is 1.67. The Morgan fingerprint density at radius 2 is 2.12 bits per heavy atom. The average Bonchev–Trinajstić information content (AvgIpc) is 2.69. The number of benzene rings is 1. The van der Waals surface area contributed by atoms with Crippen molar-refractivity contribution in [2.24, 2.45) is 5.92 Å². The maximum atomic E-state index is 3.56. The Hall–Kier alpha value is -0.600. The predicted octanol–water partition coefficient (Wildman–Crippen LogP) is 5.34. The normalized spacial score (nSPS) is 12.6. The number of hydrogen-bond donors (Lipinski definition) is 0. The van der Waals surface area contributed by atoms with Crippen LogP contribution in [0.1, 0.15) is 19.4 Å². The van der Waals surface area contributed by atoms with Gasteiger partial charge >= 0.3 is 0 Å². The molecule has 1 aromatic carbocycles. The molecule has 0 bridgehead atoms. The van der Waals surface area contributed by atoms with E-state index in [1.165, 1.54) is 21.2 Å². The van der Waals surface area contributed by atoms with Gasteiger partial charge in [0.15, 0.2) is 0 Å². The molecular weight excluding hydrogens is 280 g/mol. The minimum absolute atomic E-state index is 0.595. The van der Waals surface area contributed by atoms with Gasteiger partial charge in [0.25, 0.3) is 0 Å². The highest BCUT2D eigenvalue weighted by Crippen LogP contribution is 2.28. The number of allylic oxidation sites excluding steroid dienone is 1. The number of thiophene rings is 1. The van der Waals surface area contributed by atoms with Crippen molar-refractivity contribution in [2.45, 2.75) is 13.8 Å². The van der Waals surface area contributed by atoms with E-state index >= 15 is 0 Å². The summed E-state index contributed by atoms with van der Waals surface area (Å²) in [5, 5.41) is 4.57. The van der Waals surface area contributed by atoms with Crippen LogP contribution in [0, 0.1) is 5.92 Å². The number of hydrogen-bond acceptors (Lipinski definition) is 1. The highest BCUT2D eigenvalue weighted by Gasteiger charge is 2.05. The first-order chi connectivity index (χ1) is 7.72. The molecule has 0 radical (unpaired) electrons. The summed E-state index contributed by atoms with van der Waals surface area (Å²) in [5.41, 5.74) is 2.80. The molecule has 0 saturated heterocycles. The molecule has 0 unspecified atom stereocenters. The monoisotopic (exact) mass is 294 g/mol. The molecule has 0 aliphatic carbocycles. The van der Waals surface area contributed by atoms with Gasteiger partial charge in [-0.1, -0.05) is 59.6 Å². The van der Waals surface area contributed by atoms with Gasteiger partial charge in [-0.25, -0.2) is 0 Å². The maximum absolute atomic E-state index is 3.56. The van der Waals surface area contributed by atoms with Crippen LogP contribution in [-0.4, -0.2) is 5.33 Å². The molecule has 1 aromatic heterocycles. The Balaban J connectivity index is 2.48. The first-order valence-corrected chi connectivity index (χ1v) is 7.45. The standard InChI is InChI=1S/C14H15BrS/c1-10(2)11(8-15)7-12-9-16-14-6-4-3-5-13(12)14/h3-7,9-10H,8H2,1-2H3. The summed E-state index contributed by atoms with van der Waals surface area (Å²) in [5.74, 6) is 0.595. The molecule has 84 valence electrons. The summed E-state index contributed by atoms with van der Waals surface area (Å²) in [6.07, 6.45) is 2.32. The molecule has 0 spiro atoms. The van der Waals surface area contributed by atoms with Crippen LogP contribution < -0.4 is 0 Å². The quantitative estimate of drug-likeness (QED) is 0.671. The lowest BCUT2D eigenvalue weighted by Crippen LogP contribution is -1.94. The van der Waals surface area contributed by atoms with E-state index in [0.717, 1.165) is 5.33 Å². The fourth-order valence-corrected chi connectivity index (χ4v) is 3.40. The topological polar surface area (TPSA) is 0 Å². The van der Waals surface area contributed by atoms with E-state index < -0.39 is 0 Å². The lowest BCUT2D eigenvalue weighted by molar-refractivity contribution is 0.781. The Morgan fingerprint density at radius 3 is 2.81 bits per heavy atom. The zero-order chi connectivity index (χ0) is 11.5. The van der Waals surface area contributed by atoms with Gasteiger partial charge in [0.1, 0.15) is 0 Å². The van der Waals surface area contributed by atoms with Crippen LogP contribution in [0.3, 0.4) is 0 Å². The summed E-state index contributed by atoms with van der Waals surface area (Å²) in [6.45, 7) is 4.48. The first kappa shape index (κ1) is 11.9. The van der Waals surface area contributed by atoms with Crippen LogP contribution in [0.4, 0.5) is 0 Å². The van der Waals surface area contributed by atoms with Crippen molar-refractivity contribution in [1.29, 1.82) is 0 Å². The Morgan fingerprint density at radius 1 is 1.38 bits per heavy atom. The van der Waals surface area contributed by atoms with Crippen LogP contribution >= 0.6 is 27.3 Å². The summed E-state index contributed by atoms with van der Waals surface area (Å²) in [6, 6.07) is 8.58. The summed E-state index contributed by atoms with van der Waals surface area (Å²) >= 11 is 5.38. The maximum Gasteiger partial charge on any atom is 0.0348 e. The predicted molar refractivity (Wildman–Crippen MR) is 78.4 cm³/mol. The molecule has 0 N–H and O–H groups in total. The van der Waals surface area contributed by atoms with E-state index in [1.807, 2.05) is 11.3 Å². The average molecular weight is 295 g/mol. The smallest absolute Gasteiger partial charge is 0.0348 e. The highest BCUT2D eigenvalue weighted by atomic mass is 79.9. The molecule has 0 aliphatic rings. The van der Waals surface area contributed by atoms with E-state index in [4.69, 9.17) is 0 Å². The zero-order valence-electron chi connectivity index (χ0n) is 9.53. The van der Waals surface area contributed by atoms with Crippen molar-refractivity contribution in [3.05, 3.63) is 40.8 Å². The van der Waals surface area contributed by atoms with Crippen LogP contribution in [-0.2, 0) is 0 Å². The van der Waals surface area contributed by atoms with Crippen molar-refractivity contribution in [3.63, 3.8) is 0 Å². The van der Waals surface area contributed by atoms with Gasteiger partial charge in [0.05, 0.1) is 0 Å². The van der Waals surface area contributed by atoms with E-state index in [9.17, 15) is 0 Å². The minimum Gasteiger partial charge on any atom is -0.143 e. The summed E-state index contributed by atoms with van der Waals surface area (Å²) in [7, 11) is 0. The molecule has 0 amide bonds. The van der Waals surface area contributed by atoms with E-state index in [-0.39, 0.29) is 0 Å². The first-order valence-electron chi connectivity index (χ1n) is 5.45. The van der Waals surface area contributed by atoms with Crippen molar-refractivity contribution in [3.8, 4) is 0 Å². The second-order valence-electron chi connectivity index (χ2n) is 4.19. The third kappa shape index (κ3) is 2.38. The molecule has 0 nitrogen and oxygen atoms in total. The molecular formula is C14H15BrS. The number of rotatable bonds is 3. The van der Waals surface area contributed by atoms with Gasteiger partial charge in [-0.05, 0) is 28.3 Å². The molecule has 2 heteroatoms. The van der Waals surface area contributed by atoms with Crippen molar-refractivity contribution in [2.75, 3.05) is 5.33 Å². The van der Waals surface area contributed by atoms with Crippen LogP contribution in [0.15, 0.2) is 35.2 Å². The van der Waals surface area contributed by atoms with Crippen molar-refractivity contribution in [1.82, 2.24) is 0 Å². The molecule has 0 atom stereocenters. The molecule has 0 fully saturated rings. The largest absolute Gasteiger partial charge is 0.143 e. The third-order valence-electron chi connectivity index (χ3n) is 2.75. The lowest BCUT2D eigenvalue weighted by Gasteiger charge is -2.07. The van der Waals surface area contributed by atoms with Gasteiger partial charge in [0, 0.05) is 10.0 Å². The summed E-state index contributed by atoms with van der Waals surface area (Å²) in [4.78, 5) is 0. The number of fused-ring (bicyclic) bond motifs is 1. The Kier molecular flexibility index (Phi) is 3.82. The molecule has 2 aromatic rings. The molecule has 16 heavy (non-hydrogen) atoms.